The lowest BCUT2D eigenvalue weighted by atomic mass is 10.1. The van der Waals surface area contributed by atoms with Crippen LogP contribution in [-0.2, 0) is 13.0 Å². The van der Waals surface area contributed by atoms with Gasteiger partial charge in [0.25, 0.3) is 17.5 Å². The molecule has 12 heteroatoms. The molecular formula is C26H26N8O4. The highest BCUT2D eigenvalue weighted by Crippen LogP contribution is 2.23. The van der Waals surface area contributed by atoms with Gasteiger partial charge in [0.1, 0.15) is 0 Å². The lowest BCUT2D eigenvalue weighted by Gasteiger charge is -2.24. The number of amides is 3. The highest BCUT2D eigenvalue weighted by atomic mass is 16.6. The van der Waals surface area contributed by atoms with Crippen molar-refractivity contribution in [3.63, 3.8) is 0 Å². The zero-order chi connectivity index (χ0) is 26.9. The highest BCUT2D eigenvalue weighted by Gasteiger charge is 2.18. The maximum atomic E-state index is 13.4. The molecule has 38 heavy (non-hydrogen) atoms. The van der Waals surface area contributed by atoms with E-state index in [0.717, 1.165) is 24.8 Å². The molecule has 0 atom stereocenters. The molecular weight excluding hydrogens is 488 g/mol. The van der Waals surface area contributed by atoms with E-state index in [-0.39, 0.29) is 18.2 Å². The number of benzene rings is 3. The molecule has 0 aliphatic rings. The van der Waals surface area contributed by atoms with Crippen LogP contribution in [0.2, 0.25) is 0 Å². The summed E-state index contributed by atoms with van der Waals surface area (Å²) in [7, 11) is 0. The lowest BCUT2D eigenvalue weighted by Crippen LogP contribution is -2.34. The fourth-order valence-electron chi connectivity index (χ4n) is 3.72. The van der Waals surface area contributed by atoms with E-state index in [1.807, 2.05) is 24.3 Å². The second kappa shape index (κ2) is 12.2. The summed E-state index contributed by atoms with van der Waals surface area (Å²) in [5.74, 6) is -0.341. The van der Waals surface area contributed by atoms with Gasteiger partial charge in [0.15, 0.2) is 0 Å². The Hall–Kier alpha value is -5.13. The monoisotopic (exact) mass is 514 g/mol. The van der Waals surface area contributed by atoms with Gasteiger partial charge in [-0.05, 0) is 59.5 Å². The molecule has 3 amide bonds. The molecule has 12 nitrogen and oxygen atoms in total. The maximum Gasteiger partial charge on any atom is 0.326 e. The molecule has 0 bridgehead atoms. The number of nitrogens with zero attached hydrogens (tertiary/aromatic N) is 5. The number of urea groups is 1. The standard InChI is InChI=1S/C26H26N8O4/c1-2-3-5-18-10-14-22(15-11-18)33(26(36)27-21-6-4-7-23(16-21)34(37)38)17-19-8-12-20(13-9-19)24(35)28-25-29-31-32-30-25/h4,6-16H,2-3,5,17H2,1H3,(H,27,36)(H2,28,29,30,31,32,35). The SMILES string of the molecule is CCCCc1ccc(N(Cc2ccc(C(=O)Nc3nn[nH]n3)cc2)C(=O)Nc2cccc([N+](=O)[O-])c2)cc1. The lowest BCUT2D eigenvalue weighted by molar-refractivity contribution is -0.384. The van der Waals surface area contributed by atoms with Crippen LogP contribution in [0.1, 0.15) is 41.3 Å². The Bertz CT molecular complexity index is 1390. The van der Waals surface area contributed by atoms with Crippen LogP contribution in [0.4, 0.5) is 27.8 Å². The Morgan fingerprint density at radius 2 is 1.74 bits per heavy atom. The predicted molar refractivity (Wildman–Crippen MR) is 142 cm³/mol. The van der Waals surface area contributed by atoms with Gasteiger partial charge >= 0.3 is 6.03 Å². The number of unbranched alkanes of at least 4 members (excludes halogenated alkanes) is 1. The van der Waals surface area contributed by atoms with Gasteiger partial charge in [-0.25, -0.2) is 4.79 Å². The summed E-state index contributed by atoms with van der Waals surface area (Å²) in [5.41, 5.74) is 3.17. The van der Waals surface area contributed by atoms with Crippen molar-refractivity contribution < 1.29 is 14.5 Å². The van der Waals surface area contributed by atoms with Crippen molar-refractivity contribution in [2.45, 2.75) is 32.7 Å². The third kappa shape index (κ3) is 6.75. The minimum atomic E-state index is -0.515. The van der Waals surface area contributed by atoms with Crippen LogP contribution in [-0.4, -0.2) is 37.5 Å². The molecule has 0 aliphatic heterocycles. The van der Waals surface area contributed by atoms with Crippen LogP contribution in [0.3, 0.4) is 0 Å². The molecule has 3 aromatic carbocycles. The topological polar surface area (TPSA) is 159 Å². The molecule has 0 unspecified atom stereocenters. The second-order valence-electron chi connectivity index (χ2n) is 8.48. The van der Waals surface area contributed by atoms with Crippen molar-refractivity contribution in [2.24, 2.45) is 0 Å². The van der Waals surface area contributed by atoms with Crippen molar-refractivity contribution in [1.82, 2.24) is 20.6 Å². The number of rotatable bonds is 10. The zero-order valence-corrected chi connectivity index (χ0v) is 20.6. The van der Waals surface area contributed by atoms with Crippen molar-refractivity contribution in [1.29, 1.82) is 0 Å². The van der Waals surface area contributed by atoms with Crippen LogP contribution < -0.4 is 15.5 Å². The van der Waals surface area contributed by atoms with E-state index in [1.165, 1.54) is 28.7 Å². The first kappa shape index (κ1) is 25.9. The smallest absolute Gasteiger partial charge is 0.307 e. The van der Waals surface area contributed by atoms with Crippen LogP contribution in [0.25, 0.3) is 0 Å². The van der Waals surface area contributed by atoms with Crippen LogP contribution in [0.5, 0.6) is 0 Å². The zero-order valence-electron chi connectivity index (χ0n) is 20.6. The molecule has 194 valence electrons. The van der Waals surface area contributed by atoms with E-state index in [9.17, 15) is 19.7 Å². The Kier molecular flexibility index (Phi) is 8.34. The minimum Gasteiger partial charge on any atom is -0.307 e. The number of non-ortho nitro benzene ring substituents is 1. The van der Waals surface area contributed by atoms with Gasteiger partial charge in [-0.2, -0.15) is 5.21 Å². The Labute approximate surface area is 218 Å². The van der Waals surface area contributed by atoms with E-state index < -0.39 is 16.9 Å². The predicted octanol–water partition coefficient (Wildman–Crippen LogP) is 4.94. The largest absolute Gasteiger partial charge is 0.326 e. The fraction of sp³-hybridized carbons (Fsp3) is 0.192. The number of nitro groups is 1. The number of carbonyl (C=O) groups is 2. The minimum absolute atomic E-state index is 0.0606. The molecule has 0 radical (unpaired) electrons. The maximum absolute atomic E-state index is 13.4. The molecule has 0 fully saturated rings. The molecule has 3 N–H and O–H groups in total. The third-order valence-corrected chi connectivity index (χ3v) is 5.75. The quantitative estimate of drug-likeness (QED) is 0.200. The van der Waals surface area contributed by atoms with Crippen molar-refractivity contribution in [3.8, 4) is 0 Å². The van der Waals surface area contributed by atoms with Crippen molar-refractivity contribution in [2.75, 3.05) is 15.5 Å². The van der Waals surface area contributed by atoms with E-state index in [1.54, 1.807) is 30.3 Å². The first-order valence-electron chi connectivity index (χ1n) is 12.0. The average Bonchev–Trinajstić information content (AvgIpc) is 3.44. The molecule has 1 aromatic heterocycles. The molecule has 4 aromatic rings. The summed E-state index contributed by atoms with van der Waals surface area (Å²) in [6.07, 6.45) is 3.11. The summed E-state index contributed by atoms with van der Waals surface area (Å²) in [6.45, 7) is 2.33. The fourth-order valence-corrected chi connectivity index (χ4v) is 3.72. The summed E-state index contributed by atoms with van der Waals surface area (Å²) < 4.78 is 0. The van der Waals surface area contributed by atoms with Gasteiger partial charge in [-0.1, -0.05) is 48.8 Å². The summed E-state index contributed by atoms with van der Waals surface area (Å²) in [5, 5.41) is 29.5. The number of aryl methyl sites for hydroxylation is 1. The van der Waals surface area contributed by atoms with Crippen LogP contribution >= 0.6 is 0 Å². The number of aromatic amines is 1. The van der Waals surface area contributed by atoms with E-state index in [4.69, 9.17) is 0 Å². The van der Waals surface area contributed by atoms with Gasteiger partial charge in [-0.3, -0.25) is 25.1 Å². The number of aromatic nitrogens is 4. The number of H-pyrrole nitrogens is 1. The average molecular weight is 515 g/mol. The summed E-state index contributed by atoms with van der Waals surface area (Å²) >= 11 is 0. The van der Waals surface area contributed by atoms with Gasteiger partial charge in [0, 0.05) is 29.1 Å². The highest BCUT2D eigenvalue weighted by molar-refractivity contribution is 6.03. The second-order valence-corrected chi connectivity index (χ2v) is 8.48. The number of nitro benzene ring substituents is 1. The number of hydrogen-bond donors (Lipinski definition) is 3. The van der Waals surface area contributed by atoms with Gasteiger partial charge in [-0.15, -0.1) is 5.10 Å². The van der Waals surface area contributed by atoms with Gasteiger partial charge < -0.3 is 5.32 Å². The molecule has 0 saturated carbocycles. The Morgan fingerprint density at radius 1 is 1.00 bits per heavy atom. The van der Waals surface area contributed by atoms with Crippen molar-refractivity contribution in [3.05, 3.63) is 99.6 Å². The van der Waals surface area contributed by atoms with E-state index in [0.29, 0.717) is 16.9 Å². The van der Waals surface area contributed by atoms with E-state index >= 15 is 0 Å². The number of nitrogens with one attached hydrogen (secondary N) is 3. The molecule has 0 saturated heterocycles. The van der Waals surface area contributed by atoms with Gasteiger partial charge in [0.05, 0.1) is 11.5 Å². The molecule has 0 spiro atoms. The number of anilines is 3. The van der Waals surface area contributed by atoms with Crippen molar-refractivity contribution >= 4 is 34.9 Å². The molecule has 0 aliphatic carbocycles. The van der Waals surface area contributed by atoms with Crippen LogP contribution in [0.15, 0.2) is 72.8 Å². The summed E-state index contributed by atoms with van der Waals surface area (Å²) in [6, 6.07) is 19.8. The molecule has 4 rings (SSSR count). The van der Waals surface area contributed by atoms with E-state index in [2.05, 4.69) is 38.2 Å². The Balaban J connectivity index is 1.54. The molecule has 1 heterocycles. The van der Waals surface area contributed by atoms with Gasteiger partial charge in [0.2, 0.25) is 0 Å². The number of hydrogen-bond acceptors (Lipinski definition) is 7. The number of carbonyl (C=O) groups excluding carboxylic acids is 2. The first-order chi connectivity index (χ1) is 18.4. The Morgan fingerprint density at radius 3 is 2.39 bits per heavy atom. The number of tetrazole rings is 1. The first-order valence-corrected chi connectivity index (χ1v) is 12.0. The third-order valence-electron chi connectivity index (χ3n) is 5.75. The summed E-state index contributed by atoms with van der Waals surface area (Å²) in [4.78, 5) is 37.9. The normalized spacial score (nSPS) is 10.6. The van der Waals surface area contributed by atoms with Crippen LogP contribution in [0, 0.1) is 10.1 Å².